The van der Waals surface area contributed by atoms with E-state index in [0.717, 1.165) is 23.4 Å². The van der Waals surface area contributed by atoms with Crippen molar-refractivity contribution in [2.75, 3.05) is 18.5 Å². The van der Waals surface area contributed by atoms with Crippen molar-refractivity contribution < 1.29 is 14.3 Å². The first-order valence-corrected chi connectivity index (χ1v) is 8.70. The highest BCUT2D eigenvalue weighted by atomic mass is 16.5. The van der Waals surface area contributed by atoms with Gasteiger partial charge in [-0.15, -0.1) is 0 Å². The van der Waals surface area contributed by atoms with Gasteiger partial charge in [-0.2, -0.15) is 0 Å². The van der Waals surface area contributed by atoms with E-state index in [-0.39, 0.29) is 5.91 Å². The maximum absolute atomic E-state index is 12.3. The van der Waals surface area contributed by atoms with Crippen LogP contribution in [0.25, 0.3) is 5.69 Å². The van der Waals surface area contributed by atoms with Crippen LogP contribution in [-0.4, -0.2) is 23.7 Å². The normalized spacial score (nSPS) is 13.1. The summed E-state index contributed by atoms with van der Waals surface area (Å²) in [5, 5.41) is 2.92. The number of fused-ring (bicyclic) bond motifs is 1. The summed E-state index contributed by atoms with van der Waals surface area (Å²) in [6, 6.07) is 17.4. The summed E-state index contributed by atoms with van der Waals surface area (Å²) in [5.41, 5.74) is 2.75. The quantitative estimate of drug-likeness (QED) is 0.780. The molecule has 0 unspecified atom stereocenters. The average Bonchev–Trinajstić information content (AvgIpc) is 3.08. The molecular formula is C21H20N2O3. The number of anilines is 1. The van der Waals surface area contributed by atoms with Crippen LogP contribution in [0.3, 0.4) is 0 Å². The van der Waals surface area contributed by atoms with Crippen molar-refractivity contribution in [1.29, 1.82) is 0 Å². The molecule has 1 amide bonds. The van der Waals surface area contributed by atoms with Crippen LogP contribution in [0.1, 0.15) is 12.0 Å². The Labute approximate surface area is 152 Å². The minimum atomic E-state index is -0.0618. The lowest BCUT2D eigenvalue weighted by molar-refractivity contribution is -0.115. The monoisotopic (exact) mass is 348 g/mol. The molecular weight excluding hydrogens is 328 g/mol. The number of hydrogen-bond acceptors (Lipinski definition) is 3. The van der Waals surface area contributed by atoms with E-state index in [1.807, 2.05) is 71.6 Å². The summed E-state index contributed by atoms with van der Waals surface area (Å²) in [6.07, 6.45) is 5.16. The van der Waals surface area contributed by atoms with Gasteiger partial charge in [0.05, 0.1) is 19.6 Å². The fraction of sp³-hybridized carbons (Fsp3) is 0.190. The topological polar surface area (TPSA) is 52.5 Å². The van der Waals surface area contributed by atoms with Crippen LogP contribution in [0.2, 0.25) is 0 Å². The van der Waals surface area contributed by atoms with Gasteiger partial charge in [-0.25, -0.2) is 0 Å². The Morgan fingerprint density at radius 1 is 0.962 bits per heavy atom. The Hall–Kier alpha value is -3.21. The van der Waals surface area contributed by atoms with E-state index in [1.54, 1.807) is 0 Å². The van der Waals surface area contributed by atoms with Gasteiger partial charge in [0.25, 0.3) is 0 Å². The number of rotatable bonds is 4. The van der Waals surface area contributed by atoms with E-state index < -0.39 is 0 Å². The second kappa shape index (κ2) is 7.35. The van der Waals surface area contributed by atoms with Gasteiger partial charge in [-0.1, -0.05) is 12.1 Å². The summed E-state index contributed by atoms with van der Waals surface area (Å²) >= 11 is 0. The predicted molar refractivity (Wildman–Crippen MR) is 100 cm³/mol. The van der Waals surface area contributed by atoms with Crippen LogP contribution in [0.5, 0.6) is 11.5 Å². The Bertz CT molecular complexity index is 886. The number of benzene rings is 2. The lowest BCUT2D eigenvalue weighted by Gasteiger charge is -2.11. The molecule has 3 aromatic rings. The second-order valence-electron chi connectivity index (χ2n) is 6.19. The lowest BCUT2D eigenvalue weighted by atomic mass is 10.1. The van der Waals surface area contributed by atoms with Crippen molar-refractivity contribution in [3.63, 3.8) is 0 Å². The van der Waals surface area contributed by atoms with Gasteiger partial charge in [0.1, 0.15) is 0 Å². The molecule has 26 heavy (non-hydrogen) atoms. The molecule has 0 fully saturated rings. The van der Waals surface area contributed by atoms with Gasteiger partial charge >= 0.3 is 0 Å². The van der Waals surface area contributed by atoms with Crippen molar-refractivity contribution in [3.8, 4) is 17.2 Å². The number of ether oxygens (including phenoxy) is 2. The molecule has 0 saturated carbocycles. The highest BCUT2D eigenvalue weighted by molar-refractivity contribution is 5.92. The molecule has 0 radical (unpaired) electrons. The first-order valence-electron chi connectivity index (χ1n) is 8.70. The Morgan fingerprint density at radius 2 is 1.69 bits per heavy atom. The van der Waals surface area contributed by atoms with Crippen LogP contribution < -0.4 is 14.8 Å². The van der Waals surface area contributed by atoms with Crippen LogP contribution in [0.15, 0.2) is 67.0 Å². The van der Waals surface area contributed by atoms with Crippen molar-refractivity contribution >= 4 is 11.6 Å². The summed E-state index contributed by atoms with van der Waals surface area (Å²) in [5.74, 6) is 1.34. The second-order valence-corrected chi connectivity index (χ2v) is 6.19. The third-order valence-corrected chi connectivity index (χ3v) is 4.23. The molecule has 0 saturated heterocycles. The molecule has 5 heteroatoms. The molecule has 0 atom stereocenters. The zero-order chi connectivity index (χ0) is 17.8. The molecule has 1 aliphatic rings. The number of aromatic nitrogens is 1. The van der Waals surface area contributed by atoms with Crippen molar-refractivity contribution in [1.82, 2.24) is 4.57 Å². The molecule has 4 rings (SSSR count). The lowest BCUT2D eigenvalue weighted by Crippen LogP contribution is -2.14. The molecule has 132 valence electrons. The fourth-order valence-corrected chi connectivity index (χ4v) is 2.92. The smallest absolute Gasteiger partial charge is 0.228 e. The summed E-state index contributed by atoms with van der Waals surface area (Å²) < 4.78 is 13.3. The largest absolute Gasteiger partial charge is 0.490 e. The number of nitrogens with zero attached hydrogens (tertiary/aromatic N) is 1. The number of carbonyl (C=O) groups is 1. The molecule has 1 N–H and O–H groups in total. The van der Waals surface area contributed by atoms with E-state index in [0.29, 0.717) is 31.1 Å². The number of amides is 1. The average molecular weight is 348 g/mol. The zero-order valence-corrected chi connectivity index (χ0v) is 14.4. The van der Waals surface area contributed by atoms with Gasteiger partial charge in [-0.05, 0) is 42.0 Å². The minimum Gasteiger partial charge on any atom is -0.490 e. The van der Waals surface area contributed by atoms with Crippen LogP contribution in [0.4, 0.5) is 5.69 Å². The van der Waals surface area contributed by atoms with Crippen molar-refractivity contribution in [2.45, 2.75) is 12.8 Å². The zero-order valence-electron chi connectivity index (χ0n) is 14.4. The van der Waals surface area contributed by atoms with E-state index >= 15 is 0 Å². The molecule has 2 aromatic carbocycles. The van der Waals surface area contributed by atoms with Crippen LogP contribution in [0, 0.1) is 0 Å². The van der Waals surface area contributed by atoms with Gasteiger partial charge in [-0.3, -0.25) is 4.79 Å². The van der Waals surface area contributed by atoms with Gasteiger partial charge in [0.15, 0.2) is 11.5 Å². The Morgan fingerprint density at radius 3 is 2.46 bits per heavy atom. The maximum atomic E-state index is 12.3. The first-order chi connectivity index (χ1) is 12.8. The SMILES string of the molecule is O=C(Cc1ccc(-n2cccc2)cc1)Nc1ccc2c(c1)OCCCO2. The number of nitrogens with one attached hydrogen (secondary N) is 1. The van der Waals surface area contributed by atoms with E-state index in [2.05, 4.69) is 5.32 Å². The molecule has 0 aliphatic carbocycles. The Balaban J connectivity index is 1.40. The van der Waals surface area contributed by atoms with Gasteiger partial charge in [0, 0.05) is 36.3 Å². The van der Waals surface area contributed by atoms with Crippen LogP contribution >= 0.6 is 0 Å². The van der Waals surface area contributed by atoms with Gasteiger partial charge in [0.2, 0.25) is 5.91 Å². The van der Waals surface area contributed by atoms with E-state index in [1.165, 1.54) is 0 Å². The number of hydrogen-bond donors (Lipinski definition) is 1. The summed E-state index contributed by atoms with van der Waals surface area (Å²) in [7, 11) is 0. The summed E-state index contributed by atoms with van der Waals surface area (Å²) in [6.45, 7) is 1.27. The van der Waals surface area contributed by atoms with E-state index in [4.69, 9.17) is 9.47 Å². The maximum Gasteiger partial charge on any atom is 0.228 e. The predicted octanol–water partition coefficient (Wildman–Crippen LogP) is 3.82. The molecule has 5 nitrogen and oxygen atoms in total. The van der Waals surface area contributed by atoms with Crippen molar-refractivity contribution in [2.24, 2.45) is 0 Å². The third-order valence-electron chi connectivity index (χ3n) is 4.23. The van der Waals surface area contributed by atoms with Crippen LogP contribution in [-0.2, 0) is 11.2 Å². The third kappa shape index (κ3) is 3.72. The Kier molecular flexibility index (Phi) is 4.60. The molecule has 1 aromatic heterocycles. The first kappa shape index (κ1) is 16.3. The van der Waals surface area contributed by atoms with Crippen molar-refractivity contribution in [3.05, 3.63) is 72.6 Å². The summed E-state index contributed by atoms with van der Waals surface area (Å²) in [4.78, 5) is 12.3. The standard InChI is InChI=1S/C21H20N2O3/c24-21(14-16-4-7-18(8-5-16)23-10-1-2-11-23)22-17-6-9-19-20(15-17)26-13-3-12-25-19/h1-2,4-11,15H,3,12-14H2,(H,22,24). The molecule has 2 heterocycles. The molecule has 0 bridgehead atoms. The fourth-order valence-electron chi connectivity index (χ4n) is 2.92. The minimum absolute atomic E-state index is 0.0618. The number of carbonyl (C=O) groups excluding carboxylic acids is 1. The highest BCUT2D eigenvalue weighted by Gasteiger charge is 2.12. The van der Waals surface area contributed by atoms with E-state index in [9.17, 15) is 4.79 Å². The molecule has 0 spiro atoms. The molecule has 1 aliphatic heterocycles. The highest BCUT2D eigenvalue weighted by Crippen LogP contribution is 2.32. The van der Waals surface area contributed by atoms with Gasteiger partial charge < -0.3 is 19.4 Å².